The Labute approximate surface area is 291 Å². The molecule has 0 fully saturated rings. The lowest BCUT2D eigenvalue weighted by Gasteiger charge is -2.34. The largest absolute Gasteiger partial charge is 0.497 e. The lowest BCUT2D eigenvalue weighted by molar-refractivity contribution is -0.140. The second-order valence-electron chi connectivity index (χ2n) is 11.0. The number of ether oxygens (including phenoxy) is 1. The van der Waals surface area contributed by atoms with Crippen molar-refractivity contribution in [1.82, 2.24) is 10.2 Å². The number of sulfonamides is 1. The number of methoxy groups -OCH3 is 1. The van der Waals surface area contributed by atoms with Gasteiger partial charge in [0.1, 0.15) is 18.3 Å². The molecule has 47 heavy (non-hydrogen) atoms. The molecule has 0 saturated carbocycles. The monoisotopic (exact) mass is 715 g/mol. The lowest BCUT2D eigenvalue weighted by atomic mass is 10.0. The van der Waals surface area contributed by atoms with Crippen molar-refractivity contribution in [3.63, 3.8) is 0 Å². The molecule has 0 radical (unpaired) electrons. The fraction of sp³-hybridized carbons (Fsp3) is 0.257. The zero-order chi connectivity index (χ0) is 34.1. The molecule has 0 saturated heterocycles. The van der Waals surface area contributed by atoms with Crippen molar-refractivity contribution in [1.29, 1.82) is 0 Å². The Morgan fingerprint density at radius 1 is 0.851 bits per heavy atom. The predicted octanol–water partition coefficient (Wildman–Crippen LogP) is 7.41. The fourth-order valence-electron chi connectivity index (χ4n) is 4.84. The average molecular weight is 717 g/mol. The van der Waals surface area contributed by atoms with E-state index < -0.39 is 28.5 Å². The van der Waals surface area contributed by atoms with Crippen molar-refractivity contribution in [2.24, 2.45) is 0 Å². The first-order valence-corrected chi connectivity index (χ1v) is 17.5. The number of amides is 2. The Balaban J connectivity index is 1.82. The van der Waals surface area contributed by atoms with Crippen LogP contribution in [0.4, 0.5) is 5.69 Å². The van der Waals surface area contributed by atoms with Crippen molar-refractivity contribution in [2.45, 2.75) is 50.2 Å². The standard InChI is InChI=1S/C35H36Cl3N3O5S/c1-4-24(2)39-35(43)33(21-25-8-6-5-7-9-25)40(22-26-10-19-31(37)32(38)20-26)34(42)23-41(28-13-11-27(36)12-14-28)47(44,45)30-17-15-29(46-3)16-18-30/h5-20,24,33H,4,21-23H2,1-3H3,(H,39,43). The number of nitrogens with zero attached hydrogens (tertiary/aromatic N) is 2. The van der Waals surface area contributed by atoms with Crippen molar-refractivity contribution >= 4 is 62.3 Å². The zero-order valence-electron chi connectivity index (χ0n) is 26.2. The molecule has 0 heterocycles. The van der Waals surface area contributed by atoms with Crippen molar-refractivity contribution in [3.8, 4) is 5.75 Å². The van der Waals surface area contributed by atoms with E-state index in [1.54, 1.807) is 30.3 Å². The van der Waals surface area contributed by atoms with Gasteiger partial charge in [-0.1, -0.05) is 78.1 Å². The minimum Gasteiger partial charge on any atom is -0.497 e. The second-order valence-corrected chi connectivity index (χ2v) is 14.1. The van der Waals surface area contributed by atoms with Gasteiger partial charge >= 0.3 is 0 Å². The molecular formula is C35H36Cl3N3O5S. The minimum absolute atomic E-state index is 0.0435. The summed E-state index contributed by atoms with van der Waals surface area (Å²) in [5, 5.41) is 4.03. The highest BCUT2D eigenvalue weighted by atomic mass is 35.5. The number of halogens is 3. The average Bonchev–Trinajstić information content (AvgIpc) is 3.07. The van der Waals surface area contributed by atoms with Crippen LogP contribution >= 0.6 is 34.8 Å². The molecule has 8 nitrogen and oxygen atoms in total. The Morgan fingerprint density at radius 3 is 2.11 bits per heavy atom. The summed E-state index contributed by atoms with van der Waals surface area (Å²) in [4.78, 5) is 29.8. The molecule has 1 N–H and O–H groups in total. The number of carbonyl (C=O) groups is 2. The number of anilines is 1. The maximum Gasteiger partial charge on any atom is 0.264 e. The van der Waals surface area contributed by atoms with Crippen LogP contribution in [0.15, 0.2) is 102 Å². The van der Waals surface area contributed by atoms with E-state index in [1.165, 1.54) is 48.4 Å². The van der Waals surface area contributed by atoms with Crippen LogP contribution in [0, 0.1) is 0 Å². The van der Waals surface area contributed by atoms with Crippen LogP contribution in [0.2, 0.25) is 15.1 Å². The lowest BCUT2D eigenvalue weighted by Crippen LogP contribution is -2.54. The first kappa shape index (κ1) is 36.1. The summed E-state index contributed by atoms with van der Waals surface area (Å²) >= 11 is 18.7. The highest BCUT2D eigenvalue weighted by Crippen LogP contribution is 2.28. The number of hydrogen-bond acceptors (Lipinski definition) is 5. The number of rotatable bonds is 14. The summed E-state index contributed by atoms with van der Waals surface area (Å²) in [6.45, 7) is 3.17. The molecule has 0 bridgehead atoms. The van der Waals surface area contributed by atoms with Gasteiger partial charge in [0.15, 0.2) is 0 Å². The Kier molecular flexibility index (Phi) is 12.6. The Hall–Kier alpha value is -3.76. The molecule has 2 unspecified atom stereocenters. The highest BCUT2D eigenvalue weighted by Gasteiger charge is 2.35. The van der Waals surface area contributed by atoms with E-state index in [4.69, 9.17) is 39.5 Å². The molecule has 4 rings (SSSR count). The van der Waals surface area contributed by atoms with Crippen LogP contribution in [-0.4, -0.2) is 50.9 Å². The predicted molar refractivity (Wildman–Crippen MR) is 188 cm³/mol. The molecular weight excluding hydrogens is 681 g/mol. The molecule has 0 aromatic heterocycles. The molecule has 0 aliphatic heterocycles. The molecule has 2 amide bonds. The third kappa shape index (κ3) is 9.41. The molecule has 2 atom stereocenters. The minimum atomic E-state index is -4.29. The van der Waals surface area contributed by atoms with E-state index in [1.807, 2.05) is 44.2 Å². The molecule has 4 aromatic carbocycles. The number of carbonyl (C=O) groups excluding carboxylic acids is 2. The smallest absolute Gasteiger partial charge is 0.264 e. The van der Waals surface area contributed by atoms with Gasteiger partial charge in [-0.2, -0.15) is 0 Å². The maximum absolute atomic E-state index is 14.6. The van der Waals surface area contributed by atoms with Crippen LogP contribution in [0.5, 0.6) is 5.75 Å². The molecule has 0 spiro atoms. The summed E-state index contributed by atoms with van der Waals surface area (Å²) in [5.74, 6) is -0.502. The van der Waals surface area contributed by atoms with Crippen LogP contribution in [-0.2, 0) is 32.6 Å². The number of benzene rings is 4. The fourth-order valence-corrected chi connectivity index (χ4v) is 6.70. The van der Waals surface area contributed by atoms with Crippen molar-refractivity contribution in [2.75, 3.05) is 18.0 Å². The normalized spacial score (nSPS) is 12.6. The summed E-state index contributed by atoms with van der Waals surface area (Å²) in [6, 6.07) is 25.1. The van der Waals surface area contributed by atoms with Gasteiger partial charge in [-0.25, -0.2) is 8.42 Å². The van der Waals surface area contributed by atoms with E-state index >= 15 is 0 Å². The summed E-state index contributed by atoms with van der Waals surface area (Å²) in [6.07, 6.45) is 0.858. The van der Waals surface area contributed by atoms with E-state index in [9.17, 15) is 18.0 Å². The van der Waals surface area contributed by atoms with Gasteiger partial charge in [0, 0.05) is 24.0 Å². The van der Waals surface area contributed by atoms with Gasteiger partial charge in [-0.15, -0.1) is 0 Å². The van der Waals surface area contributed by atoms with Crippen LogP contribution < -0.4 is 14.4 Å². The topological polar surface area (TPSA) is 96.0 Å². The van der Waals surface area contributed by atoms with Crippen LogP contribution in [0.1, 0.15) is 31.4 Å². The molecule has 0 aliphatic rings. The first-order chi connectivity index (χ1) is 22.4. The maximum atomic E-state index is 14.6. The number of hydrogen-bond donors (Lipinski definition) is 1. The van der Waals surface area contributed by atoms with Crippen LogP contribution in [0.3, 0.4) is 0 Å². The van der Waals surface area contributed by atoms with Gasteiger partial charge in [0.05, 0.1) is 27.7 Å². The molecule has 12 heteroatoms. The summed E-state index contributed by atoms with van der Waals surface area (Å²) in [7, 11) is -2.81. The second kappa shape index (κ2) is 16.4. The van der Waals surface area contributed by atoms with Crippen molar-refractivity contribution in [3.05, 3.63) is 123 Å². The quantitative estimate of drug-likeness (QED) is 0.147. The Bertz CT molecular complexity index is 1770. The Morgan fingerprint density at radius 2 is 1.51 bits per heavy atom. The zero-order valence-corrected chi connectivity index (χ0v) is 29.3. The SMILES string of the molecule is CCC(C)NC(=O)C(Cc1ccccc1)N(Cc1ccc(Cl)c(Cl)c1)C(=O)CN(c1ccc(Cl)cc1)S(=O)(=O)c1ccc(OC)cc1. The molecule has 0 aliphatic carbocycles. The summed E-state index contributed by atoms with van der Waals surface area (Å²) < 4.78 is 34.5. The van der Waals surface area contributed by atoms with Gasteiger partial charge in [-0.3, -0.25) is 13.9 Å². The molecule has 4 aromatic rings. The van der Waals surface area contributed by atoms with Gasteiger partial charge in [-0.05, 0) is 85.1 Å². The summed E-state index contributed by atoms with van der Waals surface area (Å²) in [5.41, 5.74) is 1.65. The number of nitrogens with one attached hydrogen (secondary N) is 1. The van der Waals surface area contributed by atoms with Gasteiger partial charge in [0.2, 0.25) is 11.8 Å². The third-order valence-electron chi connectivity index (χ3n) is 7.65. The highest BCUT2D eigenvalue weighted by molar-refractivity contribution is 7.92. The van der Waals surface area contributed by atoms with E-state index in [0.717, 1.165) is 9.87 Å². The van der Waals surface area contributed by atoms with E-state index in [0.29, 0.717) is 27.8 Å². The molecule has 248 valence electrons. The van der Waals surface area contributed by atoms with Crippen LogP contribution in [0.25, 0.3) is 0 Å². The first-order valence-electron chi connectivity index (χ1n) is 14.9. The van der Waals surface area contributed by atoms with Gasteiger partial charge in [0.25, 0.3) is 10.0 Å². The third-order valence-corrected chi connectivity index (χ3v) is 10.4. The van der Waals surface area contributed by atoms with Crippen molar-refractivity contribution < 1.29 is 22.7 Å². The van der Waals surface area contributed by atoms with Gasteiger partial charge < -0.3 is 15.0 Å². The van der Waals surface area contributed by atoms with E-state index in [2.05, 4.69) is 5.32 Å². The van der Waals surface area contributed by atoms with E-state index in [-0.39, 0.29) is 40.5 Å².